The minimum atomic E-state index is 0.669. The number of rotatable bonds is 6. The molecule has 19 heavy (non-hydrogen) atoms. The van der Waals surface area contributed by atoms with E-state index in [1.807, 2.05) is 12.3 Å². The largest absolute Gasteiger partial charge is 0.355 e. The van der Waals surface area contributed by atoms with E-state index < -0.39 is 0 Å². The van der Waals surface area contributed by atoms with Crippen LogP contribution < -0.4 is 10.6 Å². The van der Waals surface area contributed by atoms with Gasteiger partial charge in [-0.1, -0.05) is 19.9 Å². The van der Waals surface area contributed by atoms with Crippen molar-refractivity contribution in [2.75, 3.05) is 37.6 Å². The zero-order valence-electron chi connectivity index (χ0n) is 12.2. The van der Waals surface area contributed by atoms with E-state index in [4.69, 9.17) is 5.73 Å². The number of likely N-dealkylation sites (N-methyl/N-ethyl adjacent to an activating group) is 1. The average molecular weight is 262 g/mol. The minimum Gasteiger partial charge on any atom is -0.355 e. The number of nitrogens with zero attached hydrogens (tertiary/aromatic N) is 3. The Labute approximate surface area is 116 Å². The van der Waals surface area contributed by atoms with Crippen molar-refractivity contribution in [2.45, 2.75) is 32.7 Å². The predicted molar refractivity (Wildman–Crippen MR) is 80.5 cm³/mol. The zero-order valence-corrected chi connectivity index (χ0v) is 12.2. The van der Waals surface area contributed by atoms with Crippen LogP contribution in [-0.2, 0) is 6.42 Å². The Bertz CT molecular complexity index is 389. The van der Waals surface area contributed by atoms with E-state index >= 15 is 0 Å². The molecule has 0 saturated carbocycles. The van der Waals surface area contributed by atoms with Crippen LogP contribution in [0.1, 0.15) is 25.8 Å². The van der Waals surface area contributed by atoms with Gasteiger partial charge in [-0.2, -0.15) is 0 Å². The predicted octanol–water partition coefficient (Wildman–Crippen LogP) is 1.50. The molecule has 106 valence electrons. The molecule has 0 bridgehead atoms. The van der Waals surface area contributed by atoms with E-state index in [2.05, 4.69) is 34.7 Å². The van der Waals surface area contributed by atoms with Crippen LogP contribution in [0.25, 0.3) is 0 Å². The Morgan fingerprint density at radius 1 is 1.42 bits per heavy atom. The fraction of sp³-hybridized carbons (Fsp3) is 0.667. The summed E-state index contributed by atoms with van der Waals surface area (Å²) in [6, 6.07) is 4.83. The first kappa shape index (κ1) is 14.3. The highest BCUT2D eigenvalue weighted by atomic mass is 15.3. The molecule has 2 N–H and O–H groups in total. The lowest BCUT2D eigenvalue weighted by Crippen LogP contribution is -2.37. The molecule has 1 aromatic rings. The number of hydrogen-bond donors (Lipinski definition) is 1. The summed E-state index contributed by atoms with van der Waals surface area (Å²) in [4.78, 5) is 9.55. The summed E-state index contributed by atoms with van der Waals surface area (Å²) in [7, 11) is 0. The second-order valence-electron chi connectivity index (χ2n) is 5.13. The quantitative estimate of drug-likeness (QED) is 0.844. The monoisotopic (exact) mass is 262 g/mol. The Balaban J connectivity index is 2.08. The van der Waals surface area contributed by atoms with Gasteiger partial charge < -0.3 is 10.6 Å². The fourth-order valence-corrected chi connectivity index (χ4v) is 3.04. The molecule has 1 unspecified atom stereocenters. The van der Waals surface area contributed by atoms with Gasteiger partial charge in [-0.25, -0.2) is 4.98 Å². The van der Waals surface area contributed by atoms with Gasteiger partial charge >= 0.3 is 0 Å². The lowest BCUT2D eigenvalue weighted by molar-refractivity contribution is 0.232. The normalized spacial score (nSPS) is 19.4. The molecule has 0 radical (unpaired) electrons. The van der Waals surface area contributed by atoms with Crippen molar-refractivity contribution in [1.29, 1.82) is 0 Å². The van der Waals surface area contributed by atoms with Crippen molar-refractivity contribution in [3.63, 3.8) is 0 Å². The highest BCUT2D eigenvalue weighted by molar-refractivity contribution is 5.48. The van der Waals surface area contributed by atoms with Crippen LogP contribution in [0.3, 0.4) is 0 Å². The molecule has 0 aliphatic carbocycles. The summed E-state index contributed by atoms with van der Waals surface area (Å²) in [6.45, 7) is 9.64. The standard InChI is InChI=1S/C15H26N4/c1-3-18(4-2)14-8-11-19(12-14)15-13(7-9-16)6-5-10-17-15/h5-6,10,14H,3-4,7-9,11-12,16H2,1-2H3. The van der Waals surface area contributed by atoms with Crippen molar-refractivity contribution < 1.29 is 0 Å². The van der Waals surface area contributed by atoms with E-state index in [9.17, 15) is 0 Å². The van der Waals surface area contributed by atoms with Gasteiger partial charge in [-0.3, -0.25) is 4.90 Å². The summed E-state index contributed by atoms with van der Waals surface area (Å²) in [6.07, 6.45) is 4.04. The van der Waals surface area contributed by atoms with Crippen LogP contribution in [0, 0.1) is 0 Å². The third-order valence-electron chi connectivity index (χ3n) is 4.07. The number of nitrogens with two attached hydrogens (primary N) is 1. The average Bonchev–Trinajstić information content (AvgIpc) is 2.91. The summed E-state index contributed by atoms with van der Waals surface area (Å²) in [5, 5.41) is 0. The topological polar surface area (TPSA) is 45.4 Å². The van der Waals surface area contributed by atoms with E-state index in [0.717, 1.165) is 38.4 Å². The Morgan fingerprint density at radius 3 is 2.89 bits per heavy atom. The van der Waals surface area contributed by atoms with E-state index in [0.29, 0.717) is 12.6 Å². The molecule has 1 saturated heterocycles. The van der Waals surface area contributed by atoms with Gasteiger partial charge in [-0.15, -0.1) is 0 Å². The maximum atomic E-state index is 5.69. The molecule has 1 aliphatic rings. The van der Waals surface area contributed by atoms with Crippen LogP contribution in [0.2, 0.25) is 0 Å². The van der Waals surface area contributed by atoms with E-state index in [-0.39, 0.29) is 0 Å². The van der Waals surface area contributed by atoms with Gasteiger partial charge in [0, 0.05) is 25.3 Å². The summed E-state index contributed by atoms with van der Waals surface area (Å²) in [5.41, 5.74) is 6.97. The first-order valence-corrected chi connectivity index (χ1v) is 7.43. The number of anilines is 1. The lowest BCUT2D eigenvalue weighted by atomic mass is 10.2. The second kappa shape index (κ2) is 6.87. The molecule has 1 atom stereocenters. The van der Waals surface area contributed by atoms with Gasteiger partial charge in [-0.05, 0) is 44.1 Å². The van der Waals surface area contributed by atoms with Crippen LogP contribution in [0.15, 0.2) is 18.3 Å². The molecule has 4 nitrogen and oxygen atoms in total. The molecule has 0 amide bonds. The summed E-state index contributed by atoms with van der Waals surface area (Å²) >= 11 is 0. The molecular weight excluding hydrogens is 236 g/mol. The van der Waals surface area contributed by atoms with Crippen molar-refractivity contribution in [3.05, 3.63) is 23.9 Å². The maximum absolute atomic E-state index is 5.69. The van der Waals surface area contributed by atoms with Gasteiger partial charge in [0.1, 0.15) is 5.82 Å². The van der Waals surface area contributed by atoms with Gasteiger partial charge in [0.25, 0.3) is 0 Å². The maximum Gasteiger partial charge on any atom is 0.131 e. The first-order valence-electron chi connectivity index (χ1n) is 7.43. The van der Waals surface area contributed by atoms with Crippen molar-refractivity contribution in [1.82, 2.24) is 9.88 Å². The van der Waals surface area contributed by atoms with Crippen LogP contribution in [0.4, 0.5) is 5.82 Å². The minimum absolute atomic E-state index is 0.669. The molecule has 1 aromatic heterocycles. The van der Waals surface area contributed by atoms with Crippen molar-refractivity contribution >= 4 is 5.82 Å². The molecule has 1 aliphatic heterocycles. The molecule has 0 aromatic carbocycles. The second-order valence-corrected chi connectivity index (χ2v) is 5.13. The van der Waals surface area contributed by atoms with Gasteiger partial charge in [0.05, 0.1) is 0 Å². The SMILES string of the molecule is CCN(CC)C1CCN(c2ncccc2CCN)C1. The first-order chi connectivity index (χ1) is 9.30. The highest BCUT2D eigenvalue weighted by Gasteiger charge is 2.27. The number of aromatic nitrogens is 1. The Morgan fingerprint density at radius 2 is 2.21 bits per heavy atom. The molecule has 2 heterocycles. The van der Waals surface area contributed by atoms with Gasteiger partial charge in [0.15, 0.2) is 0 Å². The summed E-state index contributed by atoms with van der Waals surface area (Å²) in [5.74, 6) is 1.14. The van der Waals surface area contributed by atoms with Crippen LogP contribution >= 0.6 is 0 Å². The van der Waals surface area contributed by atoms with Crippen LogP contribution in [-0.4, -0.2) is 48.6 Å². The highest BCUT2D eigenvalue weighted by Crippen LogP contribution is 2.24. The molecule has 4 heteroatoms. The van der Waals surface area contributed by atoms with E-state index in [1.165, 1.54) is 12.0 Å². The third-order valence-corrected chi connectivity index (χ3v) is 4.07. The van der Waals surface area contributed by atoms with E-state index in [1.54, 1.807) is 0 Å². The molecule has 1 fully saturated rings. The molecule has 2 rings (SSSR count). The third kappa shape index (κ3) is 3.25. The molecular formula is C15H26N4. The number of hydrogen-bond acceptors (Lipinski definition) is 4. The van der Waals surface area contributed by atoms with Crippen LogP contribution in [0.5, 0.6) is 0 Å². The summed E-state index contributed by atoms with van der Waals surface area (Å²) < 4.78 is 0. The van der Waals surface area contributed by atoms with Gasteiger partial charge in [0.2, 0.25) is 0 Å². The Hall–Kier alpha value is -1.13. The molecule has 0 spiro atoms. The van der Waals surface area contributed by atoms with Crippen molar-refractivity contribution in [3.8, 4) is 0 Å². The smallest absolute Gasteiger partial charge is 0.131 e. The number of pyridine rings is 1. The van der Waals surface area contributed by atoms with Crippen molar-refractivity contribution in [2.24, 2.45) is 5.73 Å². The fourth-order valence-electron chi connectivity index (χ4n) is 3.04. The zero-order chi connectivity index (χ0) is 13.7. The Kier molecular flexibility index (Phi) is 5.16. The lowest BCUT2D eigenvalue weighted by Gasteiger charge is -2.27.